The van der Waals surface area contributed by atoms with E-state index in [1.165, 1.54) is 33.4 Å². The van der Waals surface area contributed by atoms with Crippen LogP contribution in [0, 0.1) is 13.8 Å². The third-order valence-electron chi connectivity index (χ3n) is 3.99. The molecule has 0 amide bonds. The van der Waals surface area contributed by atoms with Gasteiger partial charge in [0.25, 0.3) is 0 Å². The molecule has 1 aliphatic carbocycles. The van der Waals surface area contributed by atoms with E-state index in [2.05, 4.69) is 64.1 Å². The maximum atomic E-state index is 2.34. The van der Waals surface area contributed by atoms with Crippen molar-refractivity contribution in [2.75, 3.05) is 0 Å². The van der Waals surface area contributed by atoms with Crippen LogP contribution in [0.3, 0.4) is 0 Å². The Morgan fingerprint density at radius 3 is 1.08 bits per heavy atom. The molecule has 2 aromatic carbocycles. The summed E-state index contributed by atoms with van der Waals surface area (Å²) in [4.78, 5) is 0. The maximum Gasteiger partial charge on any atom is 0.0159 e. The van der Waals surface area contributed by atoms with Gasteiger partial charge in [0.15, 0.2) is 0 Å². The molecule has 0 saturated carbocycles. The van der Waals surface area contributed by atoms with Crippen LogP contribution in [-0.2, 0) is 5.41 Å². The molecule has 0 N–H and O–H groups in total. The number of hydrogen-bond acceptors (Lipinski definition) is 0. The van der Waals surface area contributed by atoms with Crippen molar-refractivity contribution < 1.29 is 0 Å². The highest BCUT2D eigenvalue weighted by Crippen LogP contribution is 2.48. The number of rotatable bonds is 0. The van der Waals surface area contributed by atoms with Gasteiger partial charge in [0, 0.05) is 5.41 Å². The minimum absolute atomic E-state index is 0.142. The van der Waals surface area contributed by atoms with Gasteiger partial charge >= 0.3 is 0 Å². The van der Waals surface area contributed by atoms with Gasteiger partial charge in [0.05, 0.1) is 0 Å². The van der Waals surface area contributed by atoms with Gasteiger partial charge in [-0.2, -0.15) is 0 Å². The van der Waals surface area contributed by atoms with Gasteiger partial charge in [-0.25, -0.2) is 0 Å². The fraction of sp³-hybridized carbons (Fsp3) is 0.520. The molecule has 0 saturated heterocycles. The molecule has 0 unspecified atom stereocenters. The first kappa shape index (κ1) is 25.7. The lowest BCUT2D eigenvalue weighted by atomic mass is 9.81. The zero-order valence-electron chi connectivity index (χ0n) is 19.0. The van der Waals surface area contributed by atoms with E-state index in [0.717, 1.165) is 0 Å². The molecule has 0 aliphatic heterocycles. The third kappa shape index (κ3) is 5.73. The van der Waals surface area contributed by atoms with Gasteiger partial charge in [-0.15, -0.1) is 0 Å². The van der Waals surface area contributed by atoms with Gasteiger partial charge in [-0.3, -0.25) is 0 Å². The molecule has 0 heteroatoms. The molecule has 0 heterocycles. The number of aryl methyl sites for hydroxylation is 2. The minimum atomic E-state index is 0.142. The second-order valence-corrected chi connectivity index (χ2v) is 5.72. The molecular formula is C25H42. The summed E-state index contributed by atoms with van der Waals surface area (Å²) in [5.74, 6) is 0. The van der Waals surface area contributed by atoms with E-state index in [9.17, 15) is 0 Å². The lowest BCUT2D eigenvalue weighted by molar-refractivity contribution is 0.659. The molecule has 25 heavy (non-hydrogen) atoms. The fourth-order valence-electron chi connectivity index (χ4n) is 2.97. The quantitative estimate of drug-likeness (QED) is 0.449. The standard InChI is InChI=1S/C17H18.4C2H6/c1-11-5-7-13-14-8-6-12(2)10-16(14)17(3,4)15(13)9-11;4*1-2/h5-10H,1-4H3;4*1-2H3. The SMILES string of the molecule is CC.CC.CC.CC.Cc1ccc2c(c1)C(C)(C)c1cc(C)ccc1-2. The van der Waals surface area contributed by atoms with Crippen molar-refractivity contribution in [3.8, 4) is 11.1 Å². The predicted octanol–water partition coefficient (Wildman–Crippen LogP) is 8.71. The van der Waals surface area contributed by atoms with Crippen LogP contribution in [0.15, 0.2) is 36.4 Å². The number of fused-ring (bicyclic) bond motifs is 3. The maximum absolute atomic E-state index is 2.34. The molecule has 1 aliphatic rings. The van der Waals surface area contributed by atoms with Crippen molar-refractivity contribution >= 4 is 0 Å². The lowest BCUT2D eigenvalue weighted by Crippen LogP contribution is -2.15. The Labute approximate surface area is 158 Å². The highest BCUT2D eigenvalue weighted by atomic mass is 14.4. The zero-order valence-corrected chi connectivity index (χ0v) is 19.0. The molecule has 142 valence electrons. The van der Waals surface area contributed by atoms with Gasteiger partial charge in [-0.05, 0) is 36.1 Å². The molecular weight excluding hydrogens is 300 g/mol. The Morgan fingerprint density at radius 2 is 0.800 bits per heavy atom. The summed E-state index contributed by atoms with van der Waals surface area (Å²) in [6, 6.07) is 13.6. The first-order valence-electron chi connectivity index (χ1n) is 10.2. The van der Waals surface area contributed by atoms with Crippen LogP contribution in [0.2, 0.25) is 0 Å². The van der Waals surface area contributed by atoms with Gasteiger partial charge in [0.1, 0.15) is 0 Å². The lowest BCUT2D eigenvalue weighted by Gasteiger charge is -2.22. The molecule has 0 atom stereocenters. The molecule has 3 rings (SSSR count). The molecule has 0 radical (unpaired) electrons. The van der Waals surface area contributed by atoms with E-state index >= 15 is 0 Å². The zero-order chi connectivity index (χ0) is 20.2. The van der Waals surface area contributed by atoms with E-state index in [-0.39, 0.29) is 5.41 Å². The Hall–Kier alpha value is -1.56. The molecule has 2 aromatic rings. The smallest absolute Gasteiger partial charge is 0.0159 e. The summed E-state index contributed by atoms with van der Waals surface area (Å²) in [6.45, 7) is 25.0. The highest BCUT2D eigenvalue weighted by molar-refractivity contribution is 5.81. The highest BCUT2D eigenvalue weighted by Gasteiger charge is 2.35. The molecule has 0 nitrogen and oxygen atoms in total. The molecule has 0 bridgehead atoms. The predicted molar refractivity (Wildman–Crippen MR) is 119 cm³/mol. The van der Waals surface area contributed by atoms with Crippen molar-refractivity contribution in [1.29, 1.82) is 0 Å². The fourth-order valence-corrected chi connectivity index (χ4v) is 2.97. The molecule has 0 aromatic heterocycles. The van der Waals surface area contributed by atoms with Crippen molar-refractivity contribution in [2.45, 2.75) is 88.5 Å². The van der Waals surface area contributed by atoms with Crippen LogP contribution >= 0.6 is 0 Å². The molecule has 0 spiro atoms. The number of benzene rings is 2. The van der Waals surface area contributed by atoms with E-state index in [1.54, 1.807) is 0 Å². The molecule has 0 fully saturated rings. The van der Waals surface area contributed by atoms with Crippen LogP contribution in [0.4, 0.5) is 0 Å². The van der Waals surface area contributed by atoms with Crippen LogP contribution in [0.1, 0.15) is 91.5 Å². The third-order valence-corrected chi connectivity index (χ3v) is 3.99. The first-order chi connectivity index (χ1) is 12.0. The largest absolute Gasteiger partial charge is 0.0683 e. The van der Waals surface area contributed by atoms with Crippen LogP contribution < -0.4 is 0 Å². The van der Waals surface area contributed by atoms with Crippen molar-refractivity contribution in [3.63, 3.8) is 0 Å². The van der Waals surface area contributed by atoms with Crippen molar-refractivity contribution in [1.82, 2.24) is 0 Å². The van der Waals surface area contributed by atoms with Gasteiger partial charge in [-0.1, -0.05) is 117 Å². The normalized spacial score (nSPS) is 11.5. The van der Waals surface area contributed by atoms with Crippen LogP contribution in [-0.4, -0.2) is 0 Å². The summed E-state index contributed by atoms with van der Waals surface area (Å²) in [7, 11) is 0. The Balaban J connectivity index is 0. The summed E-state index contributed by atoms with van der Waals surface area (Å²) < 4.78 is 0. The second kappa shape index (κ2) is 12.8. The van der Waals surface area contributed by atoms with E-state index in [4.69, 9.17) is 0 Å². The Kier molecular flexibility index (Phi) is 13.1. The van der Waals surface area contributed by atoms with E-state index in [1.807, 2.05) is 55.4 Å². The first-order valence-corrected chi connectivity index (χ1v) is 10.2. The average molecular weight is 343 g/mol. The topological polar surface area (TPSA) is 0 Å². The summed E-state index contributed by atoms with van der Waals surface area (Å²) >= 11 is 0. The summed E-state index contributed by atoms with van der Waals surface area (Å²) in [6.07, 6.45) is 0. The van der Waals surface area contributed by atoms with Crippen molar-refractivity contribution in [3.05, 3.63) is 58.7 Å². The summed E-state index contributed by atoms with van der Waals surface area (Å²) in [5, 5.41) is 0. The Morgan fingerprint density at radius 1 is 0.520 bits per heavy atom. The second-order valence-electron chi connectivity index (χ2n) is 5.72. The van der Waals surface area contributed by atoms with E-state index in [0.29, 0.717) is 0 Å². The van der Waals surface area contributed by atoms with Crippen LogP contribution in [0.25, 0.3) is 11.1 Å². The van der Waals surface area contributed by atoms with E-state index < -0.39 is 0 Å². The van der Waals surface area contributed by atoms with Crippen LogP contribution in [0.5, 0.6) is 0 Å². The Bertz CT molecular complexity index is 550. The van der Waals surface area contributed by atoms with Gasteiger partial charge in [0.2, 0.25) is 0 Å². The number of hydrogen-bond donors (Lipinski definition) is 0. The summed E-state index contributed by atoms with van der Waals surface area (Å²) in [5.41, 5.74) is 8.60. The monoisotopic (exact) mass is 342 g/mol. The van der Waals surface area contributed by atoms with Crippen molar-refractivity contribution in [2.24, 2.45) is 0 Å². The average Bonchev–Trinajstić information content (AvgIpc) is 2.89. The minimum Gasteiger partial charge on any atom is -0.0683 e. The van der Waals surface area contributed by atoms with Gasteiger partial charge < -0.3 is 0 Å².